The van der Waals surface area contributed by atoms with E-state index in [1.165, 1.54) is 0 Å². The van der Waals surface area contributed by atoms with E-state index < -0.39 is 46.3 Å². The van der Waals surface area contributed by atoms with Crippen LogP contribution in [0.2, 0.25) is 10.0 Å². The average molecular weight is 332 g/mol. The zero-order valence-electron chi connectivity index (χ0n) is 9.79. The van der Waals surface area contributed by atoms with Crippen LogP contribution in [0.15, 0.2) is 12.1 Å². The Kier molecular flexibility index (Phi) is 5.26. The maximum atomic E-state index is 12.5. The van der Waals surface area contributed by atoms with Gasteiger partial charge < -0.3 is 15.9 Å². The molecule has 0 aliphatic carbocycles. The molecule has 9 heteroatoms. The highest BCUT2D eigenvalue weighted by Gasteiger charge is 2.33. The van der Waals surface area contributed by atoms with Crippen molar-refractivity contribution in [1.29, 1.82) is 0 Å². The SMILES string of the molecule is NC(=O)CC(O)C(O)c1c(Cl)cc(C(F)(F)F)cc1Cl. The molecule has 0 radical (unpaired) electrons. The van der Waals surface area contributed by atoms with E-state index in [1.807, 2.05) is 0 Å². The number of hydrogen-bond acceptors (Lipinski definition) is 3. The minimum Gasteiger partial charge on any atom is -0.390 e. The molecule has 0 saturated heterocycles. The summed E-state index contributed by atoms with van der Waals surface area (Å²) in [6.45, 7) is 0. The van der Waals surface area contributed by atoms with E-state index in [4.69, 9.17) is 28.9 Å². The molecule has 0 aliphatic rings. The first-order valence-corrected chi connectivity index (χ1v) is 6.00. The van der Waals surface area contributed by atoms with Gasteiger partial charge in [0, 0.05) is 15.6 Å². The normalized spacial score (nSPS) is 14.9. The summed E-state index contributed by atoms with van der Waals surface area (Å²) in [6, 6.07) is 1.14. The van der Waals surface area contributed by atoms with Crippen molar-refractivity contribution in [2.24, 2.45) is 5.73 Å². The van der Waals surface area contributed by atoms with Crippen LogP contribution >= 0.6 is 23.2 Å². The van der Waals surface area contributed by atoms with Gasteiger partial charge in [0.15, 0.2) is 0 Å². The summed E-state index contributed by atoms with van der Waals surface area (Å²) in [7, 11) is 0. The molecule has 2 atom stereocenters. The number of rotatable bonds is 4. The zero-order chi connectivity index (χ0) is 15.7. The Balaban J connectivity index is 3.17. The van der Waals surface area contributed by atoms with Crippen molar-refractivity contribution in [1.82, 2.24) is 0 Å². The number of alkyl halides is 3. The molecule has 20 heavy (non-hydrogen) atoms. The maximum absolute atomic E-state index is 12.5. The van der Waals surface area contributed by atoms with Crippen LogP contribution in [0.5, 0.6) is 0 Å². The summed E-state index contributed by atoms with van der Waals surface area (Å²) in [6.07, 6.45) is -8.60. The molecule has 0 saturated carbocycles. The van der Waals surface area contributed by atoms with Crippen LogP contribution in [0.4, 0.5) is 13.2 Å². The number of aliphatic hydroxyl groups excluding tert-OH is 2. The summed E-state index contributed by atoms with van der Waals surface area (Å²) >= 11 is 11.3. The quantitative estimate of drug-likeness (QED) is 0.791. The molecule has 1 amide bonds. The van der Waals surface area contributed by atoms with Crippen LogP contribution in [0.1, 0.15) is 23.7 Å². The Labute approximate surface area is 121 Å². The third-order valence-electron chi connectivity index (χ3n) is 2.48. The van der Waals surface area contributed by atoms with Crippen molar-refractivity contribution in [3.63, 3.8) is 0 Å². The number of nitrogens with two attached hydrogens (primary N) is 1. The number of hydrogen-bond donors (Lipinski definition) is 3. The van der Waals surface area contributed by atoms with Gasteiger partial charge in [-0.15, -0.1) is 0 Å². The van der Waals surface area contributed by atoms with E-state index in [1.54, 1.807) is 0 Å². The lowest BCUT2D eigenvalue weighted by atomic mass is 10.00. The predicted molar refractivity (Wildman–Crippen MR) is 66.2 cm³/mol. The molecular formula is C11H10Cl2F3NO3. The van der Waals surface area contributed by atoms with Crippen molar-refractivity contribution >= 4 is 29.1 Å². The maximum Gasteiger partial charge on any atom is 0.416 e. The highest BCUT2D eigenvalue weighted by Crippen LogP contribution is 2.39. The molecule has 0 bridgehead atoms. The lowest BCUT2D eigenvalue weighted by Crippen LogP contribution is -2.26. The van der Waals surface area contributed by atoms with Gasteiger partial charge in [0.05, 0.1) is 18.1 Å². The van der Waals surface area contributed by atoms with Crippen molar-refractivity contribution in [2.45, 2.75) is 24.8 Å². The van der Waals surface area contributed by atoms with E-state index in [0.717, 1.165) is 0 Å². The lowest BCUT2D eigenvalue weighted by Gasteiger charge is -2.20. The topological polar surface area (TPSA) is 83.6 Å². The minimum absolute atomic E-state index is 0.296. The van der Waals surface area contributed by atoms with Crippen LogP contribution in [0, 0.1) is 0 Å². The fourth-order valence-corrected chi connectivity index (χ4v) is 2.25. The number of carbonyl (C=O) groups is 1. The molecule has 0 spiro atoms. The first kappa shape index (κ1) is 17.0. The van der Waals surface area contributed by atoms with Crippen LogP contribution in [-0.4, -0.2) is 22.2 Å². The minimum atomic E-state index is -4.65. The molecule has 0 aliphatic heterocycles. The van der Waals surface area contributed by atoms with Gasteiger partial charge in [-0.05, 0) is 12.1 Å². The number of amides is 1. The van der Waals surface area contributed by atoms with E-state index in [0.29, 0.717) is 12.1 Å². The fraction of sp³-hybridized carbons (Fsp3) is 0.364. The summed E-state index contributed by atoms with van der Waals surface area (Å²) in [5, 5.41) is 18.4. The van der Waals surface area contributed by atoms with Crippen molar-refractivity contribution in [2.75, 3.05) is 0 Å². The first-order valence-electron chi connectivity index (χ1n) is 5.24. The fourth-order valence-electron chi connectivity index (χ4n) is 1.54. The van der Waals surface area contributed by atoms with Gasteiger partial charge in [-0.25, -0.2) is 0 Å². The van der Waals surface area contributed by atoms with Gasteiger partial charge in [0.1, 0.15) is 6.10 Å². The van der Waals surface area contributed by atoms with Gasteiger partial charge in [-0.1, -0.05) is 23.2 Å². The van der Waals surface area contributed by atoms with Gasteiger partial charge in [-0.2, -0.15) is 13.2 Å². The van der Waals surface area contributed by atoms with E-state index in [9.17, 15) is 28.2 Å². The standard InChI is InChI=1S/C11H10Cl2F3NO3/c12-5-1-4(11(14,15)16)2-6(13)9(5)10(20)7(18)3-8(17)19/h1-2,7,10,18,20H,3H2,(H2,17,19). The summed E-state index contributed by atoms with van der Waals surface area (Å²) in [5.74, 6) is -0.893. The Morgan fingerprint density at radius 2 is 1.70 bits per heavy atom. The smallest absolute Gasteiger partial charge is 0.390 e. The number of benzene rings is 1. The average Bonchev–Trinajstić information content (AvgIpc) is 2.25. The third kappa shape index (κ3) is 3.99. The molecule has 112 valence electrons. The molecule has 1 rings (SSSR count). The highest BCUT2D eigenvalue weighted by molar-refractivity contribution is 6.36. The molecule has 4 N–H and O–H groups in total. The molecule has 0 heterocycles. The van der Waals surface area contributed by atoms with Gasteiger partial charge >= 0.3 is 6.18 Å². The Hall–Kier alpha value is -1.02. The largest absolute Gasteiger partial charge is 0.416 e. The molecule has 0 fully saturated rings. The molecule has 1 aromatic rings. The zero-order valence-corrected chi connectivity index (χ0v) is 11.3. The summed E-state index contributed by atoms with van der Waals surface area (Å²) in [4.78, 5) is 10.6. The number of carbonyl (C=O) groups excluding carboxylic acids is 1. The molecule has 4 nitrogen and oxygen atoms in total. The number of primary amides is 1. The van der Waals surface area contributed by atoms with Crippen LogP contribution < -0.4 is 5.73 Å². The van der Waals surface area contributed by atoms with Gasteiger partial charge in [0.2, 0.25) is 5.91 Å². The number of halogens is 5. The van der Waals surface area contributed by atoms with Crippen molar-refractivity contribution in [3.8, 4) is 0 Å². The molecule has 1 aromatic carbocycles. The van der Waals surface area contributed by atoms with E-state index in [2.05, 4.69) is 0 Å². The first-order chi connectivity index (χ1) is 9.04. The second-order valence-corrected chi connectivity index (χ2v) is 4.85. The lowest BCUT2D eigenvalue weighted by molar-refractivity contribution is -0.137. The van der Waals surface area contributed by atoms with Crippen LogP contribution in [-0.2, 0) is 11.0 Å². The summed E-state index contributed by atoms with van der Waals surface area (Å²) in [5.41, 5.74) is 3.46. The Morgan fingerprint density at radius 3 is 2.05 bits per heavy atom. The van der Waals surface area contributed by atoms with E-state index in [-0.39, 0.29) is 5.56 Å². The van der Waals surface area contributed by atoms with Crippen molar-refractivity contribution < 1.29 is 28.2 Å². The highest BCUT2D eigenvalue weighted by atomic mass is 35.5. The monoisotopic (exact) mass is 331 g/mol. The van der Waals surface area contributed by atoms with E-state index >= 15 is 0 Å². The second kappa shape index (κ2) is 6.17. The molecule has 2 unspecified atom stereocenters. The van der Waals surface area contributed by atoms with Gasteiger partial charge in [-0.3, -0.25) is 4.79 Å². The van der Waals surface area contributed by atoms with Gasteiger partial charge in [0.25, 0.3) is 0 Å². The number of aliphatic hydroxyl groups is 2. The predicted octanol–water partition coefficient (Wildman–Crippen LogP) is 2.28. The second-order valence-electron chi connectivity index (χ2n) is 4.03. The molecule has 0 aromatic heterocycles. The molecular weight excluding hydrogens is 322 g/mol. The van der Waals surface area contributed by atoms with Crippen LogP contribution in [0.25, 0.3) is 0 Å². The third-order valence-corrected chi connectivity index (χ3v) is 3.10. The summed E-state index contributed by atoms with van der Waals surface area (Å²) < 4.78 is 37.6. The Bertz CT molecular complexity index is 499. The Morgan fingerprint density at radius 1 is 1.25 bits per heavy atom. The van der Waals surface area contributed by atoms with Crippen LogP contribution in [0.3, 0.4) is 0 Å². The van der Waals surface area contributed by atoms with Crippen molar-refractivity contribution in [3.05, 3.63) is 33.3 Å².